The fourth-order valence-electron chi connectivity index (χ4n) is 1.80. The maximum Gasteiger partial charge on any atom is 0.229 e. The minimum absolute atomic E-state index is 0.0437. The van der Waals surface area contributed by atoms with Crippen LogP contribution in [0, 0.1) is 0 Å². The molecule has 4 nitrogen and oxygen atoms in total. The molecule has 1 aliphatic rings. The van der Waals surface area contributed by atoms with E-state index in [0.29, 0.717) is 23.6 Å². The Kier molecular flexibility index (Phi) is 1.93. The highest BCUT2D eigenvalue weighted by Gasteiger charge is 2.26. The molecule has 0 aliphatic carbocycles. The third kappa shape index (κ3) is 1.35. The van der Waals surface area contributed by atoms with Crippen LogP contribution in [0.15, 0.2) is 45.6 Å². The summed E-state index contributed by atoms with van der Waals surface area (Å²) in [5, 5.41) is 2.78. The average molecular weight is 215 g/mol. The molecular formula is C12H9NO3. The van der Waals surface area contributed by atoms with Gasteiger partial charge in [-0.1, -0.05) is 0 Å². The van der Waals surface area contributed by atoms with Gasteiger partial charge in [-0.25, -0.2) is 0 Å². The second-order valence-corrected chi connectivity index (χ2v) is 3.53. The second-order valence-electron chi connectivity index (χ2n) is 3.53. The van der Waals surface area contributed by atoms with E-state index in [2.05, 4.69) is 5.32 Å². The van der Waals surface area contributed by atoms with Crippen LogP contribution in [0.1, 0.15) is 17.9 Å². The zero-order valence-corrected chi connectivity index (χ0v) is 8.40. The summed E-state index contributed by atoms with van der Waals surface area (Å²) in [6.07, 6.45) is 3.49. The van der Waals surface area contributed by atoms with E-state index < -0.39 is 0 Å². The van der Waals surface area contributed by atoms with Crippen molar-refractivity contribution in [2.75, 3.05) is 0 Å². The Morgan fingerprint density at radius 3 is 2.38 bits per heavy atom. The van der Waals surface area contributed by atoms with Crippen LogP contribution < -0.4 is 5.32 Å². The van der Waals surface area contributed by atoms with E-state index in [1.54, 1.807) is 24.7 Å². The number of hydrogen-bond acceptors (Lipinski definition) is 3. The van der Waals surface area contributed by atoms with Gasteiger partial charge in [0.05, 0.1) is 24.6 Å². The normalized spacial score (nSPS) is 15.6. The highest BCUT2D eigenvalue weighted by atomic mass is 16.3. The molecule has 16 heavy (non-hydrogen) atoms. The molecule has 2 aromatic rings. The van der Waals surface area contributed by atoms with Gasteiger partial charge in [0.15, 0.2) is 5.76 Å². The Labute approximate surface area is 91.6 Å². The third-order valence-corrected chi connectivity index (χ3v) is 2.49. The summed E-state index contributed by atoms with van der Waals surface area (Å²) < 4.78 is 10.6. The molecule has 0 spiro atoms. The van der Waals surface area contributed by atoms with Crippen molar-refractivity contribution >= 4 is 17.2 Å². The Morgan fingerprint density at radius 2 is 1.75 bits per heavy atom. The van der Waals surface area contributed by atoms with Crippen LogP contribution in [0.4, 0.5) is 0 Å². The van der Waals surface area contributed by atoms with Gasteiger partial charge in [0.2, 0.25) is 5.91 Å². The molecule has 0 saturated carbocycles. The van der Waals surface area contributed by atoms with E-state index in [9.17, 15) is 4.79 Å². The molecule has 80 valence electrons. The van der Waals surface area contributed by atoms with Crippen molar-refractivity contribution in [3.8, 4) is 0 Å². The van der Waals surface area contributed by atoms with E-state index >= 15 is 0 Å². The summed E-state index contributed by atoms with van der Waals surface area (Å²) >= 11 is 0. The second kappa shape index (κ2) is 3.41. The molecule has 3 rings (SSSR count). The zero-order valence-electron chi connectivity index (χ0n) is 8.40. The fraction of sp³-hybridized carbons (Fsp3) is 0.0833. The Morgan fingerprint density at radius 1 is 1.06 bits per heavy atom. The van der Waals surface area contributed by atoms with Gasteiger partial charge in [-0.3, -0.25) is 4.79 Å². The van der Waals surface area contributed by atoms with Crippen molar-refractivity contribution in [2.24, 2.45) is 0 Å². The van der Waals surface area contributed by atoms with Crippen molar-refractivity contribution < 1.29 is 13.6 Å². The lowest BCUT2D eigenvalue weighted by molar-refractivity contribution is -0.118. The van der Waals surface area contributed by atoms with Crippen molar-refractivity contribution in [1.82, 2.24) is 5.32 Å². The van der Waals surface area contributed by atoms with Crippen LogP contribution in [-0.4, -0.2) is 5.91 Å². The molecule has 0 bridgehead atoms. The van der Waals surface area contributed by atoms with Gasteiger partial charge in [-0.2, -0.15) is 0 Å². The fourth-order valence-corrected chi connectivity index (χ4v) is 1.80. The standard InChI is InChI=1S/C12H9NO3/c14-11-7-8(9-3-1-5-15-9)12(13-11)10-4-2-6-16-10/h1-6H,7H2,(H,13,14). The first-order valence-electron chi connectivity index (χ1n) is 4.95. The van der Waals surface area contributed by atoms with Gasteiger partial charge < -0.3 is 14.2 Å². The Bertz CT molecular complexity index is 487. The van der Waals surface area contributed by atoms with Crippen molar-refractivity contribution in [2.45, 2.75) is 6.42 Å². The molecule has 3 heterocycles. The average Bonchev–Trinajstić information content (AvgIpc) is 2.98. The van der Waals surface area contributed by atoms with Crippen molar-refractivity contribution in [3.05, 3.63) is 48.3 Å². The van der Waals surface area contributed by atoms with E-state index in [4.69, 9.17) is 8.83 Å². The first kappa shape index (κ1) is 9.03. The quantitative estimate of drug-likeness (QED) is 0.835. The third-order valence-electron chi connectivity index (χ3n) is 2.49. The maximum atomic E-state index is 11.4. The van der Waals surface area contributed by atoms with Gasteiger partial charge in [-0.05, 0) is 24.3 Å². The number of hydrogen-bond donors (Lipinski definition) is 1. The van der Waals surface area contributed by atoms with E-state index in [0.717, 1.165) is 5.57 Å². The van der Waals surface area contributed by atoms with E-state index in [-0.39, 0.29) is 5.91 Å². The van der Waals surface area contributed by atoms with Gasteiger partial charge in [-0.15, -0.1) is 0 Å². The smallest absolute Gasteiger partial charge is 0.229 e. The topological polar surface area (TPSA) is 55.4 Å². The zero-order chi connectivity index (χ0) is 11.0. The number of furan rings is 2. The molecule has 0 radical (unpaired) electrons. The lowest BCUT2D eigenvalue weighted by Gasteiger charge is -2.00. The predicted octanol–water partition coefficient (Wildman–Crippen LogP) is 2.26. The molecule has 1 aliphatic heterocycles. The van der Waals surface area contributed by atoms with Crippen LogP contribution in [0.3, 0.4) is 0 Å². The van der Waals surface area contributed by atoms with Gasteiger partial charge in [0.25, 0.3) is 0 Å². The summed E-state index contributed by atoms with van der Waals surface area (Å²) in [4.78, 5) is 11.4. The minimum atomic E-state index is -0.0437. The molecule has 0 fully saturated rings. The molecule has 1 amide bonds. The van der Waals surface area contributed by atoms with Gasteiger partial charge in [0.1, 0.15) is 5.76 Å². The Balaban J connectivity index is 2.11. The SMILES string of the molecule is O=C1CC(c2ccco2)=C(c2ccco2)N1. The molecule has 2 aromatic heterocycles. The summed E-state index contributed by atoms with van der Waals surface area (Å²) in [5.74, 6) is 1.31. The lowest BCUT2D eigenvalue weighted by Crippen LogP contribution is -2.13. The minimum Gasteiger partial charge on any atom is -0.465 e. The molecule has 0 saturated heterocycles. The Hall–Kier alpha value is -2.23. The molecule has 0 atom stereocenters. The molecular weight excluding hydrogens is 206 g/mol. The van der Waals surface area contributed by atoms with Crippen LogP contribution in [0.2, 0.25) is 0 Å². The molecule has 4 heteroatoms. The number of nitrogens with one attached hydrogen (secondary N) is 1. The number of amides is 1. The molecule has 0 aromatic carbocycles. The van der Waals surface area contributed by atoms with E-state index in [1.807, 2.05) is 12.1 Å². The van der Waals surface area contributed by atoms with E-state index in [1.165, 1.54) is 0 Å². The lowest BCUT2D eigenvalue weighted by atomic mass is 10.1. The summed E-state index contributed by atoms with van der Waals surface area (Å²) in [6.45, 7) is 0. The number of carbonyl (C=O) groups excluding carboxylic acids is 1. The molecule has 1 N–H and O–H groups in total. The monoisotopic (exact) mass is 215 g/mol. The highest BCUT2D eigenvalue weighted by molar-refractivity contribution is 6.08. The van der Waals surface area contributed by atoms with Crippen LogP contribution >= 0.6 is 0 Å². The highest BCUT2D eigenvalue weighted by Crippen LogP contribution is 2.32. The predicted molar refractivity (Wildman–Crippen MR) is 57.0 cm³/mol. The van der Waals surface area contributed by atoms with Crippen LogP contribution in [0.25, 0.3) is 11.3 Å². The molecule has 0 unspecified atom stereocenters. The summed E-state index contributed by atoms with van der Waals surface area (Å²) in [5.41, 5.74) is 1.54. The van der Waals surface area contributed by atoms with Crippen LogP contribution in [0.5, 0.6) is 0 Å². The largest absolute Gasteiger partial charge is 0.465 e. The number of rotatable bonds is 2. The van der Waals surface area contributed by atoms with Gasteiger partial charge >= 0.3 is 0 Å². The summed E-state index contributed by atoms with van der Waals surface area (Å²) in [7, 11) is 0. The number of carbonyl (C=O) groups is 1. The first-order valence-corrected chi connectivity index (χ1v) is 4.95. The summed E-state index contributed by atoms with van der Waals surface area (Å²) in [6, 6.07) is 7.22. The van der Waals surface area contributed by atoms with Crippen molar-refractivity contribution in [3.63, 3.8) is 0 Å². The first-order chi connectivity index (χ1) is 7.84. The van der Waals surface area contributed by atoms with Crippen molar-refractivity contribution in [1.29, 1.82) is 0 Å². The maximum absolute atomic E-state index is 11.4. The van der Waals surface area contributed by atoms with Gasteiger partial charge in [0, 0.05) is 5.57 Å². The van der Waals surface area contributed by atoms with Crippen LogP contribution in [-0.2, 0) is 4.79 Å².